The van der Waals surface area contributed by atoms with Crippen LogP contribution in [0.25, 0.3) is 0 Å². The molecule has 2 rings (SSSR count). The molecule has 0 aliphatic heterocycles. The van der Waals surface area contributed by atoms with Crippen LogP contribution in [0.5, 0.6) is 5.75 Å². The molecule has 0 spiro atoms. The highest BCUT2D eigenvalue weighted by Gasteiger charge is 2.16. The Hall–Kier alpha value is -2.82. The molecular weight excluding hydrogens is 294 g/mol. The van der Waals surface area contributed by atoms with E-state index in [0.717, 1.165) is 12.0 Å². The van der Waals surface area contributed by atoms with E-state index in [2.05, 4.69) is 5.32 Å². The molecular formula is C18H19NO4. The highest BCUT2D eigenvalue weighted by atomic mass is 16.6. The first kappa shape index (κ1) is 16.5. The molecule has 2 aromatic carbocycles. The predicted octanol–water partition coefficient (Wildman–Crippen LogP) is 4.12. The second kappa shape index (κ2) is 7.45. The number of aromatic carboxylic acids is 1. The molecule has 1 amide bonds. The van der Waals surface area contributed by atoms with E-state index in [0.29, 0.717) is 17.7 Å². The lowest BCUT2D eigenvalue weighted by Gasteiger charge is -2.12. The lowest BCUT2D eigenvalue weighted by atomic mass is 10.0. The number of aryl methyl sites for hydroxylation is 2. The lowest BCUT2D eigenvalue weighted by Crippen LogP contribution is -2.19. The number of rotatable bonds is 5. The number of carbonyl (C=O) groups is 2. The third kappa shape index (κ3) is 4.10. The minimum Gasteiger partial charge on any atom is -0.478 e. The number of ether oxygens (including phenoxy) is 1. The van der Waals surface area contributed by atoms with Gasteiger partial charge in [0.1, 0.15) is 5.75 Å². The lowest BCUT2D eigenvalue weighted by molar-refractivity contribution is 0.0697. The van der Waals surface area contributed by atoms with Crippen LogP contribution in [0, 0.1) is 0 Å². The molecule has 2 aromatic rings. The summed E-state index contributed by atoms with van der Waals surface area (Å²) in [5.41, 5.74) is 2.12. The zero-order chi connectivity index (χ0) is 16.8. The molecule has 0 bridgehead atoms. The van der Waals surface area contributed by atoms with Crippen molar-refractivity contribution in [2.45, 2.75) is 26.7 Å². The number of carboxylic acid groups (broad SMARTS) is 1. The molecule has 0 heterocycles. The second-order valence-corrected chi connectivity index (χ2v) is 5.01. The summed E-state index contributed by atoms with van der Waals surface area (Å²) in [6, 6.07) is 12.1. The Morgan fingerprint density at radius 2 is 1.74 bits per heavy atom. The van der Waals surface area contributed by atoms with Crippen molar-refractivity contribution in [1.29, 1.82) is 0 Å². The second-order valence-electron chi connectivity index (χ2n) is 5.01. The zero-order valence-electron chi connectivity index (χ0n) is 13.1. The molecule has 0 radical (unpaired) electrons. The topological polar surface area (TPSA) is 75.6 Å². The average Bonchev–Trinajstić information content (AvgIpc) is 2.54. The van der Waals surface area contributed by atoms with E-state index in [1.165, 1.54) is 0 Å². The van der Waals surface area contributed by atoms with Gasteiger partial charge in [-0.05, 0) is 42.2 Å². The molecule has 5 nitrogen and oxygen atoms in total. The van der Waals surface area contributed by atoms with Crippen molar-refractivity contribution in [3.05, 3.63) is 59.2 Å². The summed E-state index contributed by atoms with van der Waals surface area (Å²) in [5, 5.41) is 11.8. The fraction of sp³-hybridized carbons (Fsp3) is 0.222. The van der Waals surface area contributed by atoms with Crippen LogP contribution in [0.4, 0.5) is 10.5 Å². The van der Waals surface area contributed by atoms with Crippen LogP contribution in [0.3, 0.4) is 0 Å². The molecule has 0 atom stereocenters. The van der Waals surface area contributed by atoms with Crippen LogP contribution in [-0.4, -0.2) is 17.2 Å². The molecule has 0 saturated carbocycles. The highest BCUT2D eigenvalue weighted by Crippen LogP contribution is 2.21. The number of nitrogens with one attached hydrogen (secondary N) is 1. The SMILES string of the molecule is CCc1ccc(OC(=O)Nc2cccc(CC)c2C(=O)O)cc1. The van der Waals surface area contributed by atoms with Gasteiger partial charge in [0.05, 0.1) is 11.3 Å². The normalized spacial score (nSPS) is 10.2. The first-order valence-electron chi connectivity index (χ1n) is 7.48. The molecule has 23 heavy (non-hydrogen) atoms. The van der Waals surface area contributed by atoms with Gasteiger partial charge < -0.3 is 9.84 Å². The van der Waals surface area contributed by atoms with Gasteiger partial charge in [0.25, 0.3) is 0 Å². The van der Waals surface area contributed by atoms with Crippen LogP contribution in [0.1, 0.15) is 35.3 Å². The Morgan fingerprint density at radius 3 is 2.30 bits per heavy atom. The van der Waals surface area contributed by atoms with Crippen LogP contribution < -0.4 is 10.1 Å². The fourth-order valence-electron chi connectivity index (χ4n) is 2.29. The van der Waals surface area contributed by atoms with Crippen molar-refractivity contribution in [3.63, 3.8) is 0 Å². The molecule has 0 aliphatic carbocycles. The first-order chi connectivity index (χ1) is 11.0. The zero-order valence-corrected chi connectivity index (χ0v) is 13.1. The molecule has 0 aromatic heterocycles. The van der Waals surface area contributed by atoms with Gasteiger partial charge in [0, 0.05) is 0 Å². The van der Waals surface area contributed by atoms with E-state index < -0.39 is 12.1 Å². The smallest absolute Gasteiger partial charge is 0.417 e. The Kier molecular flexibility index (Phi) is 5.36. The van der Waals surface area contributed by atoms with Gasteiger partial charge in [-0.1, -0.05) is 38.1 Å². The van der Waals surface area contributed by atoms with Crippen molar-refractivity contribution < 1.29 is 19.4 Å². The Balaban J connectivity index is 2.15. The van der Waals surface area contributed by atoms with Crippen LogP contribution in [-0.2, 0) is 12.8 Å². The number of hydrogen-bond donors (Lipinski definition) is 2. The quantitative estimate of drug-likeness (QED) is 0.870. The van der Waals surface area contributed by atoms with E-state index in [-0.39, 0.29) is 11.3 Å². The molecule has 2 N–H and O–H groups in total. The standard InChI is InChI=1S/C18H19NO4/c1-3-12-8-10-14(11-9-12)23-18(22)19-15-7-5-6-13(4-2)16(15)17(20)21/h5-11H,3-4H2,1-2H3,(H,19,22)(H,20,21). The molecule has 5 heteroatoms. The van der Waals surface area contributed by atoms with Crippen molar-refractivity contribution in [2.24, 2.45) is 0 Å². The minimum absolute atomic E-state index is 0.0910. The molecule has 0 saturated heterocycles. The Labute approximate surface area is 134 Å². The predicted molar refractivity (Wildman–Crippen MR) is 88.2 cm³/mol. The number of benzene rings is 2. The molecule has 0 fully saturated rings. The van der Waals surface area contributed by atoms with E-state index in [1.807, 2.05) is 26.0 Å². The van der Waals surface area contributed by atoms with E-state index in [9.17, 15) is 14.7 Å². The Bertz CT molecular complexity index is 707. The highest BCUT2D eigenvalue weighted by molar-refractivity contribution is 6.00. The van der Waals surface area contributed by atoms with Crippen LogP contribution >= 0.6 is 0 Å². The number of carbonyl (C=O) groups excluding carboxylic acids is 1. The summed E-state index contributed by atoms with van der Waals surface area (Å²) in [7, 11) is 0. The first-order valence-corrected chi connectivity index (χ1v) is 7.48. The van der Waals surface area contributed by atoms with Gasteiger partial charge in [0.2, 0.25) is 0 Å². The maximum Gasteiger partial charge on any atom is 0.417 e. The molecule has 120 valence electrons. The number of anilines is 1. The third-order valence-electron chi connectivity index (χ3n) is 3.52. The summed E-state index contributed by atoms with van der Waals surface area (Å²) in [5.74, 6) is -0.673. The molecule has 0 unspecified atom stereocenters. The van der Waals surface area contributed by atoms with Crippen molar-refractivity contribution in [2.75, 3.05) is 5.32 Å². The summed E-state index contributed by atoms with van der Waals surface area (Å²) < 4.78 is 5.18. The van der Waals surface area contributed by atoms with Gasteiger partial charge in [0.15, 0.2) is 0 Å². The van der Waals surface area contributed by atoms with Gasteiger partial charge >= 0.3 is 12.1 Å². The monoisotopic (exact) mass is 313 g/mol. The summed E-state index contributed by atoms with van der Waals surface area (Å²) in [4.78, 5) is 23.4. The van der Waals surface area contributed by atoms with Crippen LogP contribution in [0.15, 0.2) is 42.5 Å². The van der Waals surface area contributed by atoms with Gasteiger partial charge in [-0.3, -0.25) is 5.32 Å². The van der Waals surface area contributed by atoms with Crippen molar-refractivity contribution >= 4 is 17.7 Å². The fourth-order valence-corrected chi connectivity index (χ4v) is 2.29. The Morgan fingerprint density at radius 1 is 1.04 bits per heavy atom. The summed E-state index contributed by atoms with van der Waals surface area (Å²) >= 11 is 0. The van der Waals surface area contributed by atoms with Crippen molar-refractivity contribution in [3.8, 4) is 5.75 Å². The third-order valence-corrected chi connectivity index (χ3v) is 3.52. The number of hydrogen-bond acceptors (Lipinski definition) is 3. The summed E-state index contributed by atoms with van der Waals surface area (Å²) in [6.45, 7) is 3.90. The number of carboxylic acids is 1. The van der Waals surface area contributed by atoms with E-state index in [4.69, 9.17) is 4.74 Å². The van der Waals surface area contributed by atoms with E-state index in [1.54, 1.807) is 30.3 Å². The maximum atomic E-state index is 12.0. The van der Waals surface area contributed by atoms with Gasteiger partial charge in [-0.15, -0.1) is 0 Å². The largest absolute Gasteiger partial charge is 0.478 e. The average molecular weight is 313 g/mol. The maximum absolute atomic E-state index is 12.0. The number of amides is 1. The van der Waals surface area contributed by atoms with Crippen LogP contribution in [0.2, 0.25) is 0 Å². The minimum atomic E-state index is -1.08. The van der Waals surface area contributed by atoms with Crippen molar-refractivity contribution in [1.82, 2.24) is 0 Å². The molecule has 0 aliphatic rings. The van der Waals surface area contributed by atoms with Gasteiger partial charge in [-0.25, -0.2) is 9.59 Å². The van der Waals surface area contributed by atoms with E-state index >= 15 is 0 Å². The summed E-state index contributed by atoms with van der Waals surface area (Å²) in [6.07, 6.45) is 0.744. The van der Waals surface area contributed by atoms with Gasteiger partial charge in [-0.2, -0.15) is 0 Å².